The number of ether oxygens (including phenoxy) is 1. The van der Waals surface area contributed by atoms with Gasteiger partial charge >= 0.3 is 0 Å². The third kappa shape index (κ3) is 1.54. The van der Waals surface area contributed by atoms with Crippen LogP contribution in [-0.4, -0.2) is 12.5 Å². The first-order valence-electron chi connectivity index (χ1n) is 5.43. The van der Waals surface area contributed by atoms with Gasteiger partial charge in [0.25, 0.3) is 0 Å². The van der Waals surface area contributed by atoms with Crippen LogP contribution in [0.15, 0.2) is 23.1 Å². The van der Waals surface area contributed by atoms with Crippen LogP contribution in [0.25, 0.3) is 0 Å². The topological polar surface area (TPSA) is 21.3 Å². The summed E-state index contributed by atoms with van der Waals surface area (Å²) in [6, 6.07) is 6.63. The molecule has 2 aliphatic rings. The molecule has 3 rings (SSSR count). The van der Waals surface area contributed by atoms with Crippen molar-refractivity contribution in [3.8, 4) is 5.75 Å². The van der Waals surface area contributed by atoms with Gasteiger partial charge in [-0.15, -0.1) is 0 Å². The van der Waals surface area contributed by atoms with Crippen molar-refractivity contribution in [3.05, 3.63) is 23.8 Å². The normalized spacial score (nSPS) is 28.9. The highest BCUT2D eigenvalue weighted by atomic mass is 32.2. The summed E-state index contributed by atoms with van der Waals surface area (Å²) in [5, 5.41) is 3.58. The SMILES string of the molecule is CC1(c2ccc3c(c2)OCS3)CCCN1. The lowest BCUT2D eigenvalue weighted by atomic mass is 9.90. The predicted molar refractivity (Wildman–Crippen MR) is 62.4 cm³/mol. The zero-order chi connectivity index (χ0) is 10.3. The van der Waals surface area contributed by atoms with Crippen LogP contribution in [0, 0.1) is 0 Å². The van der Waals surface area contributed by atoms with Crippen molar-refractivity contribution in [2.24, 2.45) is 0 Å². The van der Waals surface area contributed by atoms with E-state index in [-0.39, 0.29) is 5.54 Å². The Hall–Kier alpha value is -0.670. The van der Waals surface area contributed by atoms with Crippen molar-refractivity contribution >= 4 is 11.8 Å². The largest absolute Gasteiger partial charge is 0.481 e. The molecular weight excluding hydrogens is 206 g/mol. The van der Waals surface area contributed by atoms with Crippen LogP contribution in [0.3, 0.4) is 0 Å². The van der Waals surface area contributed by atoms with Crippen LogP contribution < -0.4 is 10.1 Å². The second-order valence-corrected chi connectivity index (χ2v) is 5.39. The van der Waals surface area contributed by atoms with Crippen LogP contribution in [0.2, 0.25) is 0 Å². The van der Waals surface area contributed by atoms with E-state index in [1.165, 1.54) is 23.3 Å². The zero-order valence-electron chi connectivity index (χ0n) is 8.88. The van der Waals surface area contributed by atoms with E-state index >= 15 is 0 Å². The Bertz CT molecular complexity index is 385. The molecule has 1 fully saturated rings. The molecule has 1 N–H and O–H groups in total. The summed E-state index contributed by atoms with van der Waals surface area (Å²) >= 11 is 1.78. The molecule has 2 aliphatic heterocycles. The number of rotatable bonds is 1. The van der Waals surface area contributed by atoms with Crippen LogP contribution in [0.1, 0.15) is 25.3 Å². The lowest BCUT2D eigenvalue weighted by Gasteiger charge is -2.25. The van der Waals surface area contributed by atoms with E-state index < -0.39 is 0 Å². The van der Waals surface area contributed by atoms with Gasteiger partial charge < -0.3 is 10.1 Å². The Morgan fingerprint density at radius 3 is 3.20 bits per heavy atom. The van der Waals surface area contributed by atoms with Gasteiger partial charge in [-0.1, -0.05) is 17.8 Å². The van der Waals surface area contributed by atoms with Crippen LogP contribution >= 0.6 is 11.8 Å². The van der Waals surface area contributed by atoms with E-state index in [1.807, 2.05) is 0 Å². The first-order valence-corrected chi connectivity index (χ1v) is 6.42. The minimum atomic E-state index is 0.158. The van der Waals surface area contributed by atoms with Crippen LogP contribution in [0.5, 0.6) is 5.75 Å². The van der Waals surface area contributed by atoms with Gasteiger partial charge in [0.05, 0.1) is 4.90 Å². The molecule has 1 atom stereocenters. The molecule has 80 valence electrons. The molecular formula is C12H15NOS. The fourth-order valence-electron chi connectivity index (χ4n) is 2.38. The monoisotopic (exact) mass is 221 g/mol. The minimum Gasteiger partial charge on any atom is -0.481 e. The lowest BCUT2D eigenvalue weighted by Crippen LogP contribution is -2.32. The van der Waals surface area contributed by atoms with Crippen molar-refractivity contribution in [1.29, 1.82) is 0 Å². The lowest BCUT2D eigenvalue weighted by molar-refractivity contribution is 0.390. The Balaban J connectivity index is 1.98. The highest BCUT2D eigenvalue weighted by molar-refractivity contribution is 7.99. The second-order valence-electron chi connectivity index (χ2n) is 4.43. The first-order chi connectivity index (χ1) is 7.28. The number of thioether (sulfide) groups is 1. The van der Waals surface area contributed by atoms with E-state index in [1.54, 1.807) is 11.8 Å². The average Bonchev–Trinajstić information content (AvgIpc) is 2.85. The predicted octanol–water partition coefficient (Wildman–Crippen LogP) is 2.73. The quantitative estimate of drug-likeness (QED) is 0.788. The Kier molecular flexibility index (Phi) is 2.18. The summed E-state index contributed by atoms with van der Waals surface area (Å²) in [7, 11) is 0. The van der Waals surface area contributed by atoms with Gasteiger partial charge in [-0.25, -0.2) is 0 Å². The smallest absolute Gasteiger partial charge is 0.138 e. The maximum Gasteiger partial charge on any atom is 0.138 e. The number of hydrogen-bond acceptors (Lipinski definition) is 3. The van der Waals surface area contributed by atoms with Gasteiger partial charge in [0.2, 0.25) is 0 Å². The summed E-state index contributed by atoms with van der Waals surface area (Å²) in [6.45, 7) is 3.41. The molecule has 0 amide bonds. The number of nitrogens with one attached hydrogen (secondary N) is 1. The standard InChI is InChI=1S/C12H15NOS/c1-12(5-2-6-13-12)9-3-4-11-10(7-9)14-8-15-11/h3-4,7,13H,2,5-6,8H2,1H3. The molecule has 0 spiro atoms. The minimum absolute atomic E-state index is 0.158. The van der Waals surface area contributed by atoms with Crippen molar-refractivity contribution in [3.63, 3.8) is 0 Å². The summed E-state index contributed by atoms with van der Waals surface area (Å²) in [6.07, 6.45) is 2.49. The summed E-state index contributed by atoms with van der Waals surface area (Å²) in [4.78, 5) is 1.28. The Morgan fingerprint density at radius 1 is 1.47 bits per heavy atom. The second kappa shape index (κ2) is 3.42. The van der Waals surface area contributed by atoms with Gasteiger partial charge in [-0.2, -0.15) is 0 Å². The van der Waals surface area contributed by atoms with Crippen molar-refractivity contribution < 1.29 is 4.74 Å². The average molecular weight is 221 g/mol. The van der Waals surface area contributed by atoms with Crippen LogP contribution in [-0.2, 0) is 5.54 Å². The van der Waals surface area contributed by atoms with Crippen LogP contribution in [0.4, 0.5) is 0 Å². The zero-order valence-corrected chi connectivity index (χ0v) is 9.69. The fraction of sp³-hybridized carbons (Fsp3) is 0.500. The van der Waals surface area contributed by atoms with Gasteiger partial charge in [-0.3, -0.25) is 0 Å². The number of hydrogen-bond donors (Lipinski definition) is 1. The Labute approximate surface area is 94.4 Å². The third-order valence-electron chi connectivity index (χ3n) is 3.38. The number of benzene rings is 1. The molecule has 1 aromatic carbocycles. The van der Waals surface area contributed by atoms with Crippen molar-refractivity contribution in [2.45, 2.75) is 30.2 Å². The molecule has 0 bridgehead atoms. The maximum atomic E-state index is 5.58. The molecule has 1 saturated heterocycles. The molecule has 3 heteroatoms. The van der Waals surface area contributed by atoms with Crippen molar-refractivity contribution in [1.82, 2.24) is 5.32 Å². The van der Waals surface area contributed by atoms with E-state index in [0.29, 0.717) is 0 Å². The molecule has 0 radical (unpaired) electrons. The fourth-order valence-corrected chi connectivity index (χ4v) is 3.12. The highest BCUT2D eigenvalue weighted by Gasteiger charge is 2.31. The van der Waals surface area contributed by atoms with E-state index in [4.69, 9.17) is 4.74 Å². The molecule has 1 unspecified atom stereocenters. The maximum absolute atomic E-state index is 5.58. The van der Waals surface area contributed by atoms with E-state index in [0.717, 1.165) is 18.2 Å². The number of fused-ring (bicyclic) bond motifs is 1. The van der Waals surface area contributed by atoms with Gasteiger partial charge in [-0.05, 0) is 44.0 Å². The summed E-state index contributed by atoms with van der Waals surface area (Å²) in [5.41, 5.74) is 1.52. The summed E-state index contributed by atoms with van der Waals surface area (Å²) in [5.74, 6) is 1.83. The molecule has 15 heavy (non-hydrogen) atoms. The summed E-state index contributed by atoms with van der Waals surface area (Å²) < 4.78 is 5.58. The third-order valence-corrected chi connectivity index (χ3v) is 4.26. The Morgan fingerprint density at radius 2 is 2.40 bits per heavy atom. The van der Waals surface area contributed by atoms with Gasteiger partial charge in [0.15, 0.2) is 0 Å². The molecule has 2 heterocycles. The highest BCUT2D eigenvalue weighted by Crippen LogP contribution is 2.40. The van der Waals surface area contributed by atoms with Gasteiger partial charge in [0.1, 0.15) is 11.7 Å². The van der Waals surface area contributed by atoms with Crippen molar-refractivity contribution in [2.75, 3.05) is 12.5 Å². The van der Waals surface area contributed by atoms with Gasteiger partial charge in [0, 0.05) is 5.54 Å². The van der Waals surface area contributed by atoms with E-state index in [9.17, 15) is 0 Å². The van der Waals surface area contributed by atoms with E-state index in [2.05, 4.69) is 30.4 Å². The molecule has 0 aliphatic carbocycles. The molecule has 1 aromatic rings. The molecule has 0 saturated carbocycles. The molecule has 2 nitrogen and oxygen atoms in total. The molecule has 0 aromatic heterocycles. The first kappa shape index (κ1) is 9.55.